The van der Waals surface area contributed by atoms with Gasteiger partial charge in [-0.3, -0.25) is 9.36 Å². The quantitative estimate of drug-likeness (QED) is 0.559. The number of ether oxygens (including phenoxy) is 1. The van der Waals surface area contributed by atoms with E-state index in [0.717, 1.165) is 24.2 Å². The second kappa shape index (κ2) is 9.40. The van der Waals surface area contributed by atoms with E-state index in [0.29, 0.717) is 32.1 Å². The minimum atomic E-state index is -0.0444. The van der Waals surface area contributed by atoms with Crippen molar-refractivity contribution in [1.29, 1.82) is 0 Å². The number of benzene rings is 1. The molecule has 0 atom stereocenters. The Balaban J connectivity index is 1.77. The molecule has 1 saturated heterocycles. The summed E-state index contributed by atoms with van der Waals surface area (Å²) in [6, 6.07) is 10.2. The number of hydrogen-bond donors (Lipinski definition) is 1. The number of carbonyl (C=O) groups excluding carboxylic acids is 1. The second-order valence-corrected chi connectivity index (χ2v) is 6.78. The average Bonchev–Trinajstić information content (AvgIpc) is 3.08. The van der Waals surface area contributed by atoms with E-state index in [2.05, 4.69) is 43.7 Å². The maximum Gasteiger partial charge on any atom is 0.230 e. The van der Waals surface area contributed by atoms with Crippen LogP contribution in [0.4, 0.5) is 5.95 Å². The molecule has 0 aliphatic carbocycles. The number of anilines is 1. The van der Waals surface area contributed by atoms with E-state index in [9.17, 15) is 4.79 Å². The third-order valence-electron chi connectivity index (χ3n) is 3.95. The molecule has 1 aliphatic rings. The molecular weight excluding hydrogens is 350 g/mol. The van der Waals surface area contributed by atoms with Gasteiger partial charge in [-0.25, -0.2) is 0 Å². The molecule has 2 heterocycles. The summed E-state index contributed by atoms with van der Waals surface area (Å²) in [6.07, 6.45) is 1.66. The molecule has 1 aromatic carbocycles. The Morgan fingerprint density at radius 2 is 2.04 bits per heavy atom. The number of carbonyl (C=O) groups is 1. The van der Waals surface area contributed by atoms with Gasteiger partial charge in [-0.15, -0.1) is 16.8 Å². The monoisotopic (exact) mass is 373 g/mol. The molecule has 1 aromatic heterocycles. The summed E-state index contributed by atoms with van der Waals surface area (Å²) >= 11 is 1.39. The van der Waals surface area contributed by atoms with Gasteiger partial charge in [0.2, 0.25) is 11.9 Å². The molecular formula is C18H23N5O2S. The standard InChI is InChI=1S/C18H23N5O2S/c1-2-8-19-16(24)14-26-18-21-20-17(22-9-11-25-12-10-22)23(18)13-15-6-4-3-5-7-15/h2-7H,1,8-14H2,(H,19,24). The number of amides is 1. The van der Waals surface area contributed by atoms with Gasteiger partial charge >= 0.3 is 0 Å². The average molecular weight is 373 g/mol. The number of hydrogen-bond acceptors (Lipinski definition) is 6. The summed E-state index contributed by atoms with van der Waals surface area (Å²) in [5, 5.41) is 12.2. The fourth-order valence-corrected chi connectivity index (χ4v) is 3.42. The summed E-state index contributed by atoms with van der Waals surface area (Å²) in [5.41, 5.74) is 1.17. The van der Waals surface area contributed by atoms with Gasteiger partial charge in [0.25, 0.3) is 0 Å². The van der Waals surface area contributed by atoms with Crippen LogP contribution in [0, 0.1) is 0 Å². The largest absolute Gasteiger partial charge is 0.378 e. The first-order chi connectivity index (χ1) is 12.8. The summed E-state index contributed by atoms with van der Waals surface area (Å²) in [7, 11) is 0. The lowest BCUT2D eigenvalue weighted by molar-refractivity contribution is -0.118. The zero-order valence-electron chi connectivity index (χ0n) is 14.6. The highest BCUT2D eigenvalue weighted by atomic mass is 32.2. The van der Waals surface area contributed by atoms with Crippen molar-refractivity contribution in [3.05, 3.63) is 48.6 Å². The van der Waals surface area contributed by atoms with Crippen molar-refractivity contribution >= 4 is 23.6 Å². The summed E-state index contributed by atoms with van der Waals surface area (Å²) in [5.74, 6) is 1.08. The molecule has 8 heteroatoms. The molecule has 2 aromatic rings. The van der Waals surface area contributed by atoms with Crippen LogP contribution in [-0.2, 0) is 16.1 Å². The third-order valence-corrected chi connectivity index (χ3v) is 4.92. The fourth-order valence-electron chi connectivity index (χ4n) is 2.66. The van der Waals surface area contributed by atoms with Crippen molar-refractivity contribution in [3.63, 3.8) is 0 Å². The molecule has 1 N–H and O–H groups in total. The highest BCUT2D eigenvalue weighted by molar-refractivity contribution is 7.99. The van der Waals surface area contributed by atoms with Crippen LogP contribution >= 0.6 is 11.8 Å². The van der Waals surface area contributed by atoms with Crippen LogP contribution in [0.1, 0.15) is 5.56 Å². The van der Waals surface area contributed by atoms with Crippen LogP contribution in [0.2, 0.25) is 0 Å². The van der Waals surface area contributed by atoms with Crippen LogP contribution < -0.4 is 10.2 Å². The first-order valence-corrected chi connectivity index (χ1v) is 9.56. The summed E-state index contributed by atoms with van der Waals surface area (Å²) < 4.78 is 7.51. The Morgan fingerprint density at radius 3 is 2.77 bits per heavy atom. The topological polar surface area (TPSA) is 72.3 Å². The molecule has 0 unspecified atom stereocenters. The van der Waals surface area contributed by atoms with E-state index in [1.165, 1.54) is 17.3 Å². The minimum Gasteiger partial charge on any atom is -0.378 e. The Bertz CT molecular complexity index is 728. The molecule has 26 heavy (non-hydrogen) atoms. The fraction of sp³-hybridized carbons (Fsp3) is 0.389. The number of aromatic nitrogens is 3. The van der Waals surface area contributed by atoms with Gasteiger partial charge in [0.1, 0.15) is 0 Å². The lowest BCUT2D eigenvalue weighted by Crippen LogP contribution is -2.38. The molecule has 0 bridgehead atoms. The molecule has 138 valence electrons. The van der Waals surface area contributed by atoms with E-state index >= 15 is 0 Å². The zero-order chi connectivity index (χ0) is 18.2. The third kappa shape index (κ3) is 4.86. The normalized spacial score (nSPS) is 14.2. The van der Waals surface area contributed by atoms with Crippen LogP contribution in [-0.4, -0.2) is 59.3 Å². The molecule has 0 spiro atoms. The van der Waals surface area contributed by atoms with Gasteiger partial charge in [-0.05, 0) is 5.56 Å². The van der Waals surface area contributed by atoms with Crippen molar-refractivity contribution in [2.75, 3.05) is 43.5 Å². The van der Waals surface area contributed by atoms with Gasteiger partial charge in [-0.1, -0.05) is 48.2 Å². The zero-order valence-corrected chi connectivity index (χ0v) is 15.5. The first-order valence-electron chi connectivity index (χ1n) is 8.58. The molecule has 0 saturated carbocycles. The van der Waals surface area contributed by atoms with Crippen molar-refractivity contribution < 1.29 is 9.53 Å². The molecule has 1 fully saturated rings. The predicted octanol–water partition coefficient (Wildman–Crippen LogP) is 1.56. The Kier molecular flexibility index (Phi) is 6.68. The van der Waals surface area contributed by atoms with Crippen molar-refractivity contribution in [3.8, 4) is 0 Å². The highest BCUT2D eigenvalue weighted by Gasteiger charge is 2.21. The smallest absolute Gasteiger partial charge is 0.230 e. The lowest BCUT2D eigenvalue weighted by atomic mass is 10.2. The first kappa shape index (κ1) is 18.5. The second-order valence-electron chi connectivity index (χ2n) is 5.84. The van der Waals surface area contributed by atoms with E-state index < -0.39 is 0 Å². The molecule has 1 amide bonds. The maximum absolute atomic E-state index is 11.9. The maximum atomic E-state index is 11.9. The number of rotatable bonds is 8. The lowest BCUT2D eigenvalue weighted by Gasteiger charge is -2.28. The van der Waals surface area contributed by atoms with E-state index in [1.807, 2.05) is 18.2 Å². The van der Waals surface area contributed by atoms with Gasteiger partial charge in [0.15, 0.2) is 5.16 Å². The van der Waals surface area contributed by atoms with E-state index in [4.69, 9.17) is 4.74 Å². The van der Waals surface area contributed by atoms with Crippen molar-refractivity contribution in [2.45, 2.75) is 11.7 Å². The number of nitrogens with one attached hydrogen (secondary N) is 1. The molecule has 0 radical (unpaired) electrons. The van der Waals surface area contributed by atoms with Gasteiger partial charge in [0.05, 0.1) is 25.5 Å². The molecule has 7 nitrogen and oxygen atoms in total. The van der Waals surface area contributed by atoms with Gasteiger partial charge in [-0.2, -0.15) is 0 Å². The Morgan fingerprint density at radius 1 is 1.27 bits per heavy atom. The Labute approximate surface area is 157 Å². The molecule has 1 aliphatic heterocycles. The summed E-state index contributed by atoms with van der Waals surface area (Å²) in [6.45, 7) is 7.68. The summed E-state index contributed by atoms with van der Waals surface area (Å²) in [4.78, 5) is 14.1. The van der Waals surface area contributed by atoms with Crippen molar-refractivity contribution in [2.24, 2.45) is 0 Å². The SMILES string of the molecule is C=CCNC(=O)CSc1nnc(N2CCOCC2)n1Cc1ccccc1. The van der Waals surface area contributed by atoms with Gasteiger partial charge < -0.3 is 15.0 Å². The number of thioether (sulfide) groups is 1. The number of nitrogens with zero attached hydrogens (tertiary/aromatic N) is 4. The predicted molar refractivity (Wildman–Crippen MR) is 103 cm³/mol. The van der Waals surface area contributed by atoms with Crippen LogP contribution in [0.3, 0.4) is 0 Å². The van der Waals surface area contributed by atoms with Gasteiger partial charge in [0, 0.05) is 19.6 Å². The van der Waals surface area contributed by atoms with Crippen LogP contribution in [0.15, 0.2) is 48.1 Å². The van der Waals surface area contributed by atoms with Crippen LogP contribution in [0.25, 0.3) is 0 Å². The van der Waals surface area contributed by atoms with Crippen LogP contribution in [0.5, 0.6) is 0 Å². The van der Waals surface area contributed by atoms with E-state index in [1.54, 1.807) is 6.08 Å². The van der Waals surface area contributed by atoms with E-state index in [-0.39, 0.29) is 5.91 Å². The Hall–Kier alpha value is -2.32. The van der Waals surface area contributed by atoms with Crippen molar-refractivity contribution in [1.82, 2.24) is 20.1 Å². The minimum absolute atomic E-state index is 0.0444. The highest BCUT2D eigenvalue weighted by Crippen LogP contribution is 2.24. The molecule has 3 rings (SSSR count). The number of morpholine rings is 1.